The molecule has 2 aromatic carbocycles. The fraction of sp³-hybridized carbons (Fsp3) is 0.0714. The second-order valence-electron chi connectivity index (χ2n) is 4.09. The first-order valence-electron chi connectivity index (χ1n) is 5.98. The zero-order valence-electron chi connectivity index (χ0n) is 11.0. The highest BCUT2D eigenvalue weighted by Crippen LogP contribution is 2.27. The van der Waals surface area contributed by atoms with Gasteiger partial charge in [-0.2, -0.15) is 0 Å². The fourth-order valence-electron chi connectivity index (χ4n) is 1.55. The Morgan fingerprint density at radius 2 is 1.73 bits per heavy atom. The molecular weight excluding hydrogens is 300 g/mol. The lowest BCUT2D eigenvalue weighted by Gasteiger charge is -2.07. The fourth-order valence-corrected chi connectivity index (χ4v) is 1.55. The van der Waals surface area contributed by atoms with Crippen LogP contribution in [0.3, 0.4) is 0 Å². The molecule has 0 aromatic heterocycles. The molecule has 0 amide bonds. The molecule has 0 aliphatic rings. The van der Waals surface area contributed by atoms with Gasteiger partial charge in [0, 0.05) is 12.1 Å². The summed E-state index contributed by atoms with van der Waals surface area (Å²) < 4.78 is 35.5. The van der Waals surface area contributed by atoms with E-state index in [2.05, 4.69) is 0 Å². The lowest BCUT2D eigenvalue weighted by atomic mass is 10.3. The number of carbonyl (C=O) groups excluding carboxylic acids is 1. The molecule has 114 valence electrons. The third-order valence-corrected chi connectivity index (χ3v) is 2.51. The van der Waals surface area contributed by atoms with Crippen LogP contribution in [-0.4, -0.2) is 17.5 Å². The van der Waals surface area contributed by atoms with Crippen LogP contribution in [0.4, 0.5) is 14.5 Å². The van der Waals surface area contributed by atoms with Gasteiger partial charge in [0.15, 0.2) is 6.61 Å². The zero-order chi connectivity index (χ0) is 16.1. The first-order valence-corrected chi connectivity index (χ1v) is 5.98. The maximum atomic E-state index is 13.1. The molecule has 0 fully saturated rings. The molecule has 0 heterocycles. The number of ether oxygens (including phenoxy) is 2. The molecule has 8 heteroatoms. The minimum absolute atomic E-state index is 0.215. The summed E-state index contributed by atoms with van der Waals surface area (Å²) in [6, 6.07) is 7.37. The van der Waals surface area contributed by atoms with Gasteiger partial charge in [-0.25, -0.2) is 13.6 Å². The molecule has 22 heavy (non-hydrogen) atoms. The van der Waals surface area contributed by atoms with Crippen LogP contribution in [0.1, 0.15) is 0 Å². The first kappa shape index (κ1) is 15.4. The summed E-state index contributed by atoms with van der Waals surface area (Å²) in [5.41, 5.74) is -0.545. The molecule has 2 rings (SSSR count). The van der Waals surface area contributed by atoms with Crippen molar-refractivity contribution in [1.82, 2.24) is 0 Å². The zero-order valence-corrected chi connectivity index (χ0v) is 11.0. The maximum absolute atomic E-state index is 13.1. The van der Waals surface area contributed by atoms with Crippen LogP contribution in [0.5, 0.6) is 11.5 Å². The highest BCUT2D eigenvalue weighted by Gasteiger charge is 2.19. The van der Waals surface area contributed by atoms with Crippen LogP contribution >= 0.6 is 0 Å². The van der Waals surface area contributed by atoms with Crippen molar-refractivity contribution in [1.29, 1.82) is 0 Å². The van der Waals surface area contributed by atoms with Gasteiger partial charge in [0.05, 0.1) is 4.92 Å². The number of hydrogen-bond acceptors (Lipinski definition) is 5. The lowest BCUT2D eigenvalue weighted by molar-refractivity contribution is -0.385. The number of hydrogen-bond donors (Lipinski definition) is 0. The van der Waals surface area contributed by atoms with Gasteiger partial charge in [-0.3, -0.25) is 10.1 Å². The van der Waals surface area contributed by atoms with Gasteiger partial charge in [-0.15, -0.1) is 0 Å². The van der Waals surface area contributed by atoms with Crippen LogP contribution in [0.25, 0.3) is 0 Å². The summed E-state index contributed by atoms with van der Waals surface area (Å²) in [5, 5.41) is 10.8. The van der Waals surface area contributed by atoms with E-state index in [0.29, 0.717) is 0 Å². The highest BCUT2D eigenvalue weighted by atomic mass is 19.1. The topological polar surface area (TPSA) is 78.7 Å². The van der Waals surface area contributed by atoms with Crippen molar-refractivity contribution in [2.75, 3.05) is 6.61 Å². The lowest BCUT2D eigenvalue weighted by Crippen LogP contribution is -2.18. The van der Waals surface area contributed by atoms with E-state index in [1.165, 1.54) is 12.1 Å². The minimum Gasteiger partial charge on any atom is -0.482 e. The summed E-state index contributed by atoms with van der Waals surface area (Å²) in [6.07, 6.45) is 0. The van der Waals surface area contributed by atoms with E-state index in [9.17, 15) is 23.7 Å². The maximum Gasteiger partial charge on any atom is 0.349 e. The van der Waals surface area contributed by atoms with E-state index in [0.717, 1.165) is 30.3 Å². The molecule has 2 aromatic rings. The van der Waals surface area contributed by atoms with Gasteiger partial charge in [-0.05, 0) is 30.3 Å². The molecule has 0 radical (unpaired) electrons. The largest absolute Gasteiger partial charge is 0.482 e. The van der Waals surface area contributed by atoms with E-state index in [1.54, 1.807) is 0 Å². The Bertz CT molecular complexity index is 703. The number of halogens is 2. The van der Waals surface area contributed by atoms with Crippen LogP contribution in [0, 0.1) is 21.7 Å². The molecule has 0 saturated heterocycles. The van der Waals surface area contributed by atoms with E-state index < -0.39 is 40.6 Å². The molecule has 0 N–H and O–H groups in total. The third kappa shape index (κ3) is 3.98. The predicted octanol–water partition coefficient (Wildman–Crippen LogP) is 2.86. The molecule has 0 aliphatic carbocycles. The molecule has 0 bridgehead atoms. The average Bonchev–Trinajstić information content (AvgIpc) is 2.46. The van der Waals surface area contributed by atoms with Crippen molar-refractivity contribution >= 4 is 11.7 Å². The highest BCUT2D eigenvalue weighted by molar-refractivity contribution is 5.75. The molecule has 0 spiro atoms. The minimum atomic E-state index is -0.960. The Balaban J connectivity index is 2.01. The predicted molar refractivity (Wildman–Crippen MR) is 70.6 cm³/mol. The van der Waals surface area contributed by atoms with Crippen LogP contribution in [-0.2, 0) is 4.79 Å². The number of nitro benzene ring substituents is 1. The molecule has 6 nitrogen and oxygen atoms in total. The quantitative estimate of drug-likeness (QED) is 0.367. The number of rotatable bonds is 5. The van der Waals surface area contributed by atoms with Crippen molar-refractivity contribution in [3.8, 4) is 11.5 Å². The van der Waals surface area contributed by atoms with Gasteiger partial charge < -0.3 is 9.47 Å². The number of nitro groups is 1. The van der Waals surface area contributed by atoms with Crippen molar-refractivity contribution in [3.05, 3.63) is 64.2 Å². The summed E-state index contributed by atoms with van der Waals surface area (Å²) >= 11 is 0. The Hall–Kier alpha value is -3.03. The SMILES string of the molecule is O=C(COc1ccc(F)cc1)Oc1cc(F)ccc1[N+](=O)[O-]. The second-order valence-corrected chi connectivity index (χ2v) is 4.09. The smallest absolute Gasteiger partial charge is 0.349 e. The Morgan fingerprint density at radius 1 is 1.09 bits per heavy atom. The third-order valence-electron chi connectivity index (χ3n) is 2.51. The van der Waals surface area contributed by atoms with E-state index in [4.69, 9.17) is 9.47 Å². The van der Waals surface area contributed by atoms with Gasteiger partial charge in [0.1, 0.15) is 17.4 Å². The van der Waals surface area contributed by atoms with Crippen molar-refractivity contribution in [3.63, 3.8) is 0 Å². The number of carbonyl (C=O) groups is 1. The monoisotopic (exact) mass is 309 g/mol. The molecule has 0 unspecified atom stereocenters. The molecule has 0 aliphatic heterocycles. The van der Waals surface area contributed by atoms with E-state index in [-0.39, 0.29) is 5.75 Å². The van der Waals surface area contributed by atoms with Crippen molar-refractivity contribution < 1.29 is 28.0 Å². The summed E-state index contributed by atoms with van der Waals surface area (Å²) in [7, 11) is 0. The van der Waals surface area contributed by atoms with Crippen molar-refractivity contribution in [2.45, 2.75) is 0 Å². The summed E-state index contributed by atoms with van der Waals surface area (Å²) in [6.45, 7) is -0.570. The summed E-state index contributed by atoms with van der Waals surface area (Å²) in [5.74, 6) is -2.51. The van der Waals surface area contributed by atoms with Crippen LogP contribution < -0.4 is 9.47 Å². The van der Waals surface area contributed by atoms with Crippen LogP contribution in [0.15, 0.2) is 42.5 Å². The van der Waals surface area contributed by atoms with Crippen molar-refractivity contribution in [2.24, 2.45) is 0 Å². The number of nitrogens with zero attached hydrogens (tertiary/aromatic N) is 1. The number of benzene rings is 2. The summed E-state index contributed by atoms with van der Waals surface area (Å²) in [4.78, 5) is 21.5. The Kier molecular flexibility index (Phi) is 4.62. The number of esters is 1. The first-order chi connectivity index (χ1) is 10.5. The van der Waals surface area contributed by atoms with Gasteiger partial charge in [0.25, 0.3) is 0 Å². The van der Waals surface area contributed by atoms with Gasteiger partial charge >= 0.3 is 11.7 Å². The van der Waals surface area contributed by atoms with E-state index >= 15 is 0 Å². The average molecular weight is 309 g/mol. The van der Waals surface area contributed by atoms with E-state index in [1.807, 2.05) is 0 Å². The van der Waals surface area contributed by atoms with Gasteiger partial charge in [-0.1, -0.05) is 0 Å². The normalized spacial score (nSPS) is 10.1. The van der Waals surface area contributed by atoms with Gasteiger partial charge in [0.2, 0.25) is 5.75 Å². The molecule has 0 saturated carbocycles. The van der Waals surface area contributed by atoms with Crippen LogP contribution in [0.2, 0.25) is 0 Å². The Morgan fingerprint density at radius 3 is 2.36 bits per heavy atom. The second kappa shape index (κ2) is 6.61. The molecular formula is C14H9F2NO5. The Labute approximate surface area is 123 Å². The molecule has 0 atom stereocenters. The standard InChI is InChI=1S/C14H9F2NO5/c15-9-1-4-11(5-2-9)21-8-14(18)22-13-7-10(16)3-6-12(13)17(19)20/h1-7H,8H2.